The fourth-order valence-electron chi connectivity index (χ4n) is 1.67. The lowest BCUT2D eigenvalue weighted by molar-refractivity contribution is 0.101. The van der Waals surface area contributed by atoms with E-state index in [9.17, 15) is 9.90 Å². The quantitative estimate of drug-likeness (QED) is 0.881. The number of anilines is 1. The van der Waals surface area contributed by atoms with Gasteiger partial charge >= 0.3 is 0 Å². The largest absolute Gasteiger partial charge is 0.505 e. The number of carbonyl (C=O) groups excluding carboxylic acids is 1. The van der Waals surface area contributed by atoms with Crippen molar-refractivity contribution >= 4 is 11.6 Å². The zero-order valence-electron chi connectivity index (χ0n) is 10.5. The van der Waals surface area contributed by atoms with Gasteiger partial charge in [0.05, 0.1) is 6.61 Å². The second kappa shape index (κ2) is 5.97. The number of carbonyl (C=O) groups is 1. The van der Waals surface area contributed by atoms with E-state index < -0.39 is 5.91 Å². The van der Waals surface area contributed by atoms with Gasteiger partial charge in [0.1, 0.15) is 5.75 Å². The first-order valence-corrected chi connectivity index (χ1v) is 5.74. The molecule has 19 heavy (non-hydrogen) atoms. The van der Waals surface area contributed by atoms with Crippen molar-refractivity contribution in [1.82, 2.24) is 4.98 Å². The van der Waals surface area contributed by atoms with Crippen LogP contribution < -0.4 is 5.32 Å². The average molecular weight is 258 g/mol. The summed E-state index contributed by atoms with van der Waals surface area (Å²) in [5.41, 5.74) is 1.58. The molecule has 0 bridgehead atoms. The zero-order valence-corrected chi connectivity index (χ0v) is 10.5. The maximum atomic E-state index is 11.9. The number of aromatic hydroxyl groups is 1. The molecule has 1 amide bonds. The Kier molecular flexibility index (Phi) is 4.10. The van der Waals surface area contributed by atoms with Crippen LogP contribution in [0.3, 0.4) is 0 Å². The van der Waals surface area contributed by atoms with E-state index in [2.05, 4.69) is 10.3 Å². The maximum Gasteiger partial charge on any atom is 0.278 e. The Morgan fingerprint density at radius 3 is 2.95 bits per heavy atom. The highest BCUT2D eigenvalue weighted by Gasteiger charge is 2.12. The zero-order chi connectivity index (χ0) is 13.7. The molecule has 0 fully saturated rings. The third-order valence-corrected chi connectivity index (χ3v) is 2.50. The van der Waals surface area contributed by atoms with Crippen molar-refractivity contribution in [1.29, 1.82) is 0 Å². The minimum atomic E-state index is -0.451. The number of benzene rings is 1. The molecule has 0 saturated carbocycles. The molecule has 5 nitrogen and oxygen atoms in total. The van der Waals surface area contributed by atoms with Gasteiger partial charge < -0.3 is 15.2 Å². The van der Waals surface area contributed by atoms with Crippen LogP contribution in [-0.4, -0.2) is 23.1 Å². The van der Waals surface area contributed by atoms with Crippen LogP contribution in [0.1, 0.15) is 16.1 Å². The molecule has 0 atom stereocenters. The number of methoxy groups -OCH3 is 1. The number of pyridine rings is 1. The van der Waals surface area contributed by atoms with Gasteiger partial charge in [0.15, 0.2) is 5.69 Å². The van der Waals surface area contributed by atoms with Crippen LogP contribution in [0.25, 0.3) is 0 Å². The number of amides is 1. The minimum Gasteiger partial charge on any atom is -0.505 e. The molecular weight excluding hydrogens is 244 g/mol. The van der Waals surface area contributed by atoms with Crippen molar-refractivity contribution in [3.05, 3.63) is 53.9 Å². The molecule has 2 rings (SSSR count). The number of nitrogens with zero attached hydrogens (tertiary/aromatic N) is 1. The van der Waals surface area contributed by atoms with Gasteiger partial charge in [-0.3, -0.25) is 4.79 Å². The lowest BCUT2D eigenvalue weighted by atomic mass is 10.2. The number of ether oxygens (including phenoxy) is 1. The van der Waals surface area contributed by atoms with E-state index in [-0.39, 0.29) is 11.4 Å². The predicted molar refractivity (Wildman–Crippen MR) is 71.0 cm³/mol. The van der Waals surface area contributed by atoms with Gasteiger partial charge in [-0.2, -0.15) is 0 Å². The fraction of sp³-hybridized carbons (Fsp3) is 0.143. The highest BCUT2D eigenvalue weighted by atomic mass is 16.5. The molecule has 98 valence electrons. The summed E-state index contributed by atoms with van der Waals surface area (Å²) < 4.78 is 5.03. The normalized spacial score (nSPS) is 10.2. The van der Waals surface area contributed by atoms with Gasteiger partial charge in [0.2, 0.25) is 0 Å². The highest BCUT2D eigenvalue weighted by molar-refractivity contribution is 6.04. The molecule has 0 unspecified atom stereocenters. The molecule has 0 aliphatic rings. The second-order valence-corrected chi connectivity index (χ2v) is 3.96. The maximum absolute atomic E-state index is 11.9. The van der Waals surface area contributed by atoms with E-state index in [0.29, 0.717) is 12.3 Å². The summed E-state index contributed by atoms with van der Waals surface area (Å²) in [6.07, 6.45) is 1.45. The Bertz CT molecular complexity index is 584. The second-order valence-electron chi connectivity index (χ2n) is 3.96. The van der Waals surface area contributed by atoms with Crippen molar-refractivity contribution in [2.45, 2.75) is 6.61 Å². The molecule has 2 aromatic rings. The van der Waals surface area contributed by atoms with Crippen molar-refractivity contribution in [3.63, 3.8) is 0 Å². The Morgan fingerprint density at radius 1 is 1.37 bits per heavy atom. The smallest absolute Gasteiger partial charge is 0.278 e. The summed E-state index contributed by atoms with van der Waals surface area (Å²) in [5, 5.41) is 12.2. The summed E-state index contributed by atoms with van der Waals surface area (Å²) >= 11 is 0. The first kappa shape index (κ1) is 13.0. The van der Waals surface area contributed by atoms with Crippen LogP contribution in [0, 0.1) is 0 Å². The summed E-state index contributed by atoms with van der Waals surface area (Å²) in [6, 6.07) is 10.3. The number of hydrogen-bond donors (Lipinski definition) is 2. The first-order valence-electron chi connectivity index (χ1n) is 5.74. The van der Waals surface area contributed by atoms with Gasteiger partial charge in [-0.15, -0.1) is 0 Å². The molecule has 0 aliphatic carbocycles. The lowest BCUT2D eigenvalue weighted by Crippen LogP contribution is -2.13. The van der Waals surface area contributed by atoms with Crippen molar-refractivity contribution in [2.75, 3.05) is 12.4 Å². The number of aromatic nitrogens is 1. The standard InChI is InChI=1S/C14H14N2O3/c1-19-9-10-4-2-5-11(8-10)16-14(18)13-12(17)6-3-7-15-13/h2-8,17H,9H2,1H3,(H,16,18). The molecule has 0 saturated heterocycles. The molecule has 1 aromatic carbocycles. The number of rotatable bonds is 4. The highest BCUT2D eigenvalue weighted by Crippen LogP contribution is 2.16. The Morgan fingerprint density at radius 2 is 2.21 bits per heavy atom. The van der Waals surface area contributed by atoms with E-state index in [4.69, 9.17) is 4.74 Å². The van der Waals surface area contributed by atoms with Crippen LogP contribution in [0.2, 0.25) is 0 Å². The summed E-state index contributed by atoms with van der Waals surface area (Å²) in [7, 11) is 1.61. The Labute approximate surface area is 110 Å². The average Bonchev–Trinajstić information content (AvgIpc) is 2.40. The molecule has 0 spiro atoms. The summed E-state index contributed by atoms with van der Waals surface area (Å²) in [6.45, 7) is 0.471. The Balaban J connectivity index is 2.15. The van der Waals surface area contributed by atoms with E-state index in [1.807, 2.05) is 12.1 Å². The third-order valence-electron chi connectivity index (χ3n) is 2.50. The van der Waals surface area contributed by atoms with Gasteiger partial charge in [-0.05, 0) is 29.8 Å². The third kappa shape index (κ3) is 3.29. The van der Waals surface area contributed by atoms with Crippen LogP contribution in [0.15, 0.2) is 42.6 Å². The van der Waals surface area contributed by atoms with Crippen LogP contribution >= 0.6 is 0 Å². The molecule has 1 heterocycles. The van der Waals surface area contributed by atoms with Crippen molar-refractivity contribution < 1.29 is 14.6 Å². The Hall–Kier alpha value is -2.40. The van der Waals surface area contributed by atoms with Gasteiger partial charge in [0.25, 0.3) is 5.91 Å². The predicted octanol–water partition coefficient (Wildman–Crippen LogP) is 2.19. The van der Waals surface area contributed by atoms with Crippen molar-refractivity contribution in [3.8, 4) is 5.75 Å². The monoisotopic (exact) mass is 258 g/mol. The van der Waals surface area contributed by atoms with E-state index in [1.54, 1.807) is 25.3 Å². The fourth-order valence-corrected chi connectivity index (χ4v) is 1.67. The SMILES string of the molecule is COCc1cccc(NC(=O)c2ncccc2O)c1. The van der Waals surface area contributed by atoms with Crippen LogP contribution in [0.4, 0.5) is 5.69 Å². The van der Waals surface area contributed by atoms with E-state index in [1.165, 1.54) is 12.3 Å². The van der Waals surface area contributed by atoms with Crippen LogP contribution in [-0.2, 0) is 11.3 Å². The molecule has 5 heteroatoms. The first-order chi connectivity index (χ1) is 9.20. The number of nitrogens with one attached hydrogen (secondary N) is 1. The van der Waals surface area contributed by atoms with Crippen LogP contribution in [0.5, 0.6) is 5.75 Å². The van der Waals surface area contributed by atoms with E-state index >= 15 is 0 Å². The van der Waals surface area contributed by atoms with E-state index in [0.717, 1.165) is 5.56 Å². The topological polar surface area (TPSA) is 71.5 Å². The molecule has 1 aromatic heterocycles. The molecule has 2 N–H and O–H groups in total. The molecule has 0 aliphatic heterocycles. The number of hydrogen-bond acceptors (Lipinski definition) is 4. The molecule has 0 radical (unpaired) electrons. The van der Waals surface area contributed by atoms with Gasteiger partial charge in [0, 0.05) is 19.0 Å². The minimum absolute atomic E-state index is 0.000329. The summed E-state index contributed by atoms with van der Waals surface area (Å²) in [5.74, 6) is -0.597. The van der Waals surface area contributed by atoms with Crippen molar-refractivity contribution in [2.24, 2.45) is 0 Å². The lowest BCUT2D eigenvalue weighted by Gasteiger charge is -2.07. The summed E-state index contributed by atoms with van der Waals surface area (Å²) in [4.78, 5) is 15.8. The van der Waals surface area contributed by atoms with Gasteiger partial charge in [-0.1, -0.05) is 12.1 Å². The molecular formula is C14H14N2O3. The van der Waals surface area contributed by atoms with Gasteiger partial charge in [-0.25, -0.2) is 4.98 Å².